The summed E-state index contributed by atoms with van der Waals surface area (Å²) in [5, 5.41) is 11.1. The molecule has 1 N–H and O–H groups in total. The molecule has 268 valence electrons. The molecule has 13 heteroatoms. The topological polar surface area (TPSA) is 104 Å². The van der Waals surface area contributed by atoms with Gasteiger partial charge in [0, 0.05) is 73.5 Å². The molecule has 0 radical (unpaired) electrons. The number of carboxylic acids is 1. The first-order valence-corrected chi connectivity index (χ1v) is 17.3. The van der Waals surface area contributed by atoms with Crippen LogP contribution in [0.3, 0.4) is 0 Å². The number of hydrogen-bond donors (Lipinski definition) is 1. The number of aromatic nitrogens is 1. The Kier molecular flexibility index (Phi) is 12.0. The summed E-state index contributed by atoms with van der Waals surface area (Å²) in [7, 11) is 0. The van der Waals surface area contributed by atoms with Crippen LogP contribution in [-0.2, 0) is 27.7 Å². The number of carbonyl (C=O) groups is 3. The molecule has 50 heavy (non-hydrogen) atoms. The zero-order chi connectivity index (χ0) is 35.4. The van der Waals surface area contributed by atoms with E-state index in [9.17, 15) is 32.7 Å². The molecule has 0 bridgehead atoms. The van der Waals surface area contributed by atoms with Crippen molar-refractivity contribution in [3.63, 3.8) is 0 Å². The lowest BCUT2D eigenvalue weighted by atomic mass is 9.76. The summed E-state index contributed by atoms with van der Waals surface area (Å²) < 4.78 is 48.7. The molecule has 2 aliphatic rings. The summed E-state index contributed by atoms with van der Waals surface area (Å²) in [5.41, 5.74) is -2.67. The van der Waals surface area contributed by atoms with Crippen LogP contribution in [0.1, 0.15) is 91.2 Å². The van der Waals surface area contributed by atoms with Gasteiger partial charge >= 0.3 is 12.1 Å². The minimum Gasteiger partial charge on any atom is -0.481 e. The molecule has 0 saturated carbocycles. The third-order valence-electron chi connectivity index (χ3n) is 9.63. The predicted octanol–water partition coefficient (Wildman–Crippen LogP) is 7.78. The second-order valence-electron chi connectivity index (χ2n) is 12.7. The van der Waals surface area contributed by atoms with E-state index in [4.69, 9.17) is 11.3 Å². The number of halogens is 3. The number of carboxylic acid groups (broad SMARTS) is 1. The van der Waals surface area contributed by atoms with E-state index in [0.29, 0.717) is 37.9 Å². The lowest BCUT2D eigenvalue weighted by Gasteiger charge is -2.50. The van der Waals surface area contributed by atoms with E-state index in [1.165, 1.54) is 16.2 Å². The van der Waals surface area contributed by atoms with Gasteiger partial charge in [-0.05, 0) is 43.9 Å². The monoisotopic (exact) mass is 712 g/mol. The highest BCUT2D eigenvalue weighted by Gasteiger charge is 2.57. The third-order valence-corrected chi connectivity index (χ3v) is 10.5. The predicted molar refractivity (Wildman–Crippen MR) is 184 cm³/mol. The number of amides is 2. The number of hydrogen-bond acceptors (Lipinski definition) is 6. The van der Waals surface area contributed by atoms with Crippen LogP contribution in [0.15, 0.2) is 54.2 Å². The fourth-order valence-corrected chi connectivity index (χ4v) is 7.88. The Balaban J connectivity index is 0.00000562. The molecular weight excluding hydrogens is 669 g/mol. The summed E-state index contributed by atoms with van der Waals surface area (Å²) in [6, 6.07) is 9.04. The van der Waals surface area contributed by atoms with Gasteiger partial charge in [-0.1, -0.05) is 45.0 Å². The Morgan fingerprint density at radius 3 is 2.48 bits per heavy atom. The van der Waals surface area contributed by atoms with Crippen LogP contribution in [0.25, 0.3) is 4.85 Å². The number of rotatable bonds is 10. The van der Waals surface area contributed by atoms with Crippen molar-refractivity contribution in [1.29, 1.82) is 0 Å². The Morgan fingerprint density at radius 2 is 1.86 bits per heavy atom. The fraction of sp³-hybridized carbons (Fsp3) is 0.486. The molecule has 2 amide bonds. The van der Waals surface area contributed by atoms with E-state index in [-0.39, 0.29) is 52.2 Å². The van der Waals surface area contributed by atoms with Crippen LogP contribution in [0, 0.1) is 13.5 Å². The number of carbonyl (C=O) groups excluding carboxylic acids is 2. The van der Waals surface area contributed by atoms with Crippen LogP contribution in [-0.4, -0.2) is 69.0 Å². The Labute approximate surface area is 294 Å². The second-order valence-corrected chi connectivity index (χ2v) is 13.8. The van der Waals surface area contributed by atoms with Crippen molar-refractivity contribution in [2.45, 2.75) is 96.0 Å². The third kappa shape index (κ3) is 7.65. The molecule has 4 heterocycles. The summed E-state index contributed by atoms with van der Waals surface area (Å²) in [6.07, 6.45) is -0.656. The Bertz CT molecular complexity index is 1730. The van der Waals surface area contributed by atoms with Crippen LogP contribution in [0.5, 0.6) is 5.75 Å². The number of aryl methyl sites for hydroxylation is 2. The summed E-state index contributed by atoms with van der Waals surface area (Å²) >= 11 is 1.44. The molecule has 5 rings (SSSR count). The van der Waals surface area contributed by atoms with Gasteiger partial charge in [0.15, 0.2) is 0 Å². The number of thiophene rings is 1. The normalized spacial score (nSPS) is 20.4. The van der Waals surface area contributed by atoms with Crippen LogP contribution in [0.4, 0.5) is 13.2 Å². The number of benzene rings is 1. The zero-order valence-electron chi connectivity index (χ0n) is 27.5. The van der Waals surface area contributed by atoms with Crippen LogP contribution < -0.4 is 4.74 Å². The maximum absolute atomic E-state index is 14.9. The molecule has 2 aliphatic heterocycles. The largest absolute Gasteiger partial charge is 0.481 e. The van der Waals surface area contributed by atoms with Crippen LogP contribution in [0.2, 0.25) is 0 Å². The van der Waals surface area contributed by atoms with Crippen molar-refractivity contribution in [2.24, 2.45) is 0 Å². The van der Waals surface area contributed by atoms with E-state index in [1.807, 2.05) is 38.1 Å². The van der Waals surface area contributed by atoms with Gasteiger partial charge in [0.25, 0.3) is 17.4 Å². The lowest BCUT2D eigenvalue weighted by molar-refractivity contribution is -0.160. The molecule has 2 aromatic heterocycles. The minimum atomic E-state index is -4.78. The molecule has 0 unspecified atom stereocenters. The van der Waals surface area contributed by atoms with E-state index >= 15 is 0 Å². The SMILES string of the molecule is C.[C-]#[N+]C1(c2ccccc2CCC(=O)O)CCN(C(=O)[C@]2(Oc3csc(C)c3)CCCN(C(=O)c3cnccc3C(F)(F)F)[C@@H]2CCC)CC1. The number of pyridine rings is 1. The highest BCUT2D eigenvalue weighted by molar-refractivity contribution is 7.10. The van der Waals surface area contributed by atoms with Gasteiger partial charge in [0.2, 0.25) is 5.60 Å². The molecule has 1 aromatic carbocycles. The zero-order valence-corrected chi connectivity index (χ0v) is 28.3. The molecule has 2 fully saturated rings. The molecule has 2 saturated heterocycles. The smallest absolute Gasteiger partial charge is 0.417 e. The quantitative estimate of drug-likeness (QED) is 0.215. The number of ether oxygens (including phenoxy) is 1. The van der Waals surface area contributed by atoms with E-state index in [2.05, 4.69) is 9.83 Å². The van der Waals surface area contributed by atoms with Crippen molar-refractivity contribution in [3.05, 3.63) is 92.7 Å². The van der Waals surface area contributed by atoms with Gasteiger partial charge in [-0.3, -0.25) is 19.4 Å². The average molecular weight is 713 g/mol. The average Bonchev–Trinajstić information content (AvgIpc) is 3.51. The standard InChI is InChI=1S/C36H39F3N4O5S.CH4/c1-4-8-30-35(48-26-21-24(2)49-23-26,14-7-18-43(30)32(46)27-22-41-17-13-29(27)36(37,38)39)33(47)42-19-15-34(40-3,16-20-42)28-10-6-5-9-25(28)11-12-31(44)45;/h5-6,9-10,13,17,21-23,30H,4,7-8,11-12,14-16,18-20H2,1-2H3,(H,44,45);1H4/t30-,35+;/m1./s1. The maximum Gasteiger partial charge on any atom is 0.417 e. The van der Waals surface area contributed by atoms with E-state index in [0.717, 1.165) is 34.5 Å². The van der Waals surface area contributed by atoms with Gasteiger partial charge in [0.1, 0.15) is 5.75 Å². The van der Waals surface area contributed by atoms with E-state index in [1.54, 1.807) is 16.3 Å². The highest BCUT2D eigenvalue weighted by atomic mass is 32.1. The number of nitrogens with zero attached hydrogens (tertiary/aromatic N) is 4. The van der Waals surface area contributed by atoms with Crippen molar-refractivity contribution in [3.8, 4) is 5.75 Å². The summed E-state index contributed by atoms with van der Waals surface area (Å²) in [4.78, 5) is 52.1. The highest BCUT2D eigenvalue weighted by Crippen LogP contribution is 2.43. The maximum atomic E-state index is 14.9. The number of piperidine rings is 2. The first-order chi connectivity index (χ1) is 23.3. The van der Waals surface area contributed by atoms with Crippen molar-refractivity contribution in [1.82, 2.24) is 14.8 Å². The molecule has 0 aliphatic carbocycles. The first kappa shape index (κ1) is 38.4. The number of likely N-dealkylation sites (tertiary alicyclic amines) is 2. The summed E-state index contributed by atoms with van der Waals surface area (Å²) in [5.74, 6) is -1.71. The van der Waals surface area contributed by atoms with Crippen LogP contribution >= 0.6 is 11.3 Å². The number of alkyl halides is 3. The Hall–Kier alpha value is -4.44. The lowest BCUT2D eigenvalue weighted by Crippen LogP contribution is -2.68. The summed E-state index contributed by atoms with van der Waals surface area (Å²) in [6.45, 7) is 12.5. The van der Waals surface area contributed by atoms with Gasteiger partial charge in [-0.2, -0.15) is 13.2 Å². The first-order valence-electron chi connectivity index (χ1n) is 16.4. The van der Waals surface area contributed by atoms with Gasteiger partial charge < -0.3 is 24.5 Å². The molecule has 9 nitrogen and oxygen atoms in total. The molecule has 0 spiro atoms. The molecule has 2 atom stereocenters. The fourth-order valence-electron chi connectivity index (χ4n) is 7.28. The minimum absolute atomic E-state index is 0. The van der Waals surface area contributed by atoms with Gasteiger partial charge in [-0.15, -0.1) is 11.3 Å². The molecule has 3 aromatic rings. The Morgan fingerprint density at radius 1 is 1.14 bits per heavy atom. The van der Waals surface area contributed by atoms with E-state index < -0.39 is 46.4 Å². The van der Waals surface area contributed by atoms with Crippen molar-refractivity contribution < 1.29 is 37.4 Å². The van der Waals surface area contributed by atoms with Gasteiger partial charge in [-0.25, -0.2) is 6.57 Å². The van der Waals surface area contributed by atoms with Gasteiger partial charge in [0.05, 0.1) is 17.2 Å². The second kappa shape index (κ2) is 15.6. The van der Waals surface area contributed by atoms with Crippen molar-refractivity contribution >= 4 is 29.1 Å². The number of aliphatic carboxylic acids is 1. The molecular formula is C37H43F3N4O5S. The van der Waals surface area contributed by atoms with Crippen molar-refractivity contribution in [2.75, 3.05) is 19.6 Å².